The van der Waals surface area contributed by atoms with Crippen LogP contribution < -0.4 is 10.2 Å². The average Bonchev–Trinajstić information content (AvgIpc) is 2.74. The minimum atomic E-state index is -4.51. The molecule has 172 valence electrons. The predicted octanol–water partition coefficient (Wildman–Crippen LogP) is 4.35. The lowest BCUT2D eigenvalue weighted by Gasteiger charge is -2.38. The molecule has 2 heterocycles. The molecule has 2 fully saturated rings. The number of hydrogen-bond donors (Lipinski definition) is 1. The van der Waals surface area contributed by atoms with E-state index in [4.69, 9.17) is 16.3 Å². The maximum Gasteiger partial charge on any atom is 0.417 e. The molecule has 1 aliphatic heterocycles. The smallest absolute Gasteiger partial charge is 0.417 e. The molecule has 6 nitrogen and oxygen atoms in total. The molecule has 1 N–H and O–H groups in total. The number of alkyl halides is 3. The first-order valence-corrected chi connectivity index (χ1v) is 11.0. The van der Waals surface area contributed by atoms with Crippen LogP contribution in [0.3, 0.4) is 0 Å². The van der Waals surface area contributed by atoms with E-state index in [2.05, 4.69) is 10.3 Å². The topological polar surface area (TPSA) is 71.5 Å². The van der Waals surface area contributed by atoms with Crippen molar-refractivity contribution < 1.29 is 27.5 Å². The number of halogens is 4. The molecule has 2 aliphatic rings. The molecular formula is C21H27ClF3N3O3. The van der Waals surface area contributed by atoms with Crippen LogP contribution in [-0.2, 0) is 20.5 Å². The minimum Gasteiger partial charge on any atom is -0.464 e. The second-order valence-corrected chi connectivity index (χ2v) is 8.55. The SMILES string of the molecule is CCOC(=O)C1(NC(=O)C2CCN(c3ncc(C(F)(F)F)cc3Cl)CC2)CCCCC1. The minimum absolute atomic E-state index is 0.0683. The molecule has 1 saturated carbocycles. The summed E-state index contributed by atoms with van der Waals surface area (Å²) in [6.45, 7) is 2.87. The van der Waals surface area contributed by atoms with Gasteiger partial charge in [0.15, 0.2) is 0 Å². The molecule has 0 unspecified atom stereocenters. The van der Waals surface area contributed by atoms with Crippen molar-refractivity contribution in [2.24, 2.45) is 5.92 Å². The summed E-state index contributed by atoms with van der Waals surface area (Å²) >= 11 is 6.04. The molecule has 0 radical (unpaired) electrons. The number of aromatic nitrogens is 1. The van der Waals surface area contributed by atoms with Gasteiger partial charge in [-0.2, -0.15) is 13.2 Å². The molecule has 1 aromatic rings. The third-order valence-electron chi connectivity index (χ3n) is 6.05. The van der Waals surface area contributed by atoms with E-state index >= 15 is 0 Å². The van der Waals surface area contributed by atoms with Crippen LogP contribution >= 0.6 is 11.6 Å². The van der Waals surface area contributed by atoms with Gasteiger partial charge in [0.2, 0.25) is 5.91 Å². The van der Waals surface area contributed by atoms with Crippen LogP contribution in [0.25, 0.3) is 0 Å². The van der Waals surface area contributed by atoms with Crippen LogP contribution in [0.2, 0.25) is 5.02 Å². The number of rotatable bonds is 5. The number of pyridine rings is 1. The third kappa shape index (κ3) is 5.42. The summed E-state index contributed by atoms with van der Waals surface area (Å²) in [5, 5.41) is 2.91. The maximum atomic E-state index is 12.9. The molecule has 0 bridgehead atoms. The third-order valence-corrected chi connectivity index (χ3v) is 6.33. The normalized spacial score (nSPS) is 19.7. The van der Waals surface area contributed by atoms with Crippen LogP contribution in [0.15, 0.2) is 12.3 Å². The quantitative estimate of drug-likeness (QED) is 0.660. The first-order valence-electron chi connectivity index (χ1n) is 10.6. The van der Waals surface area contributed by atoms with Gasteiger partial charge >= 0.3 is 12.1 Å². The lowest BCUT2D eigenvalue weighted by Crippen LogP contribution is -2.58. The lowest BCUT2D eigenvalue weighted by atomic mass is 9.80. The second-order valence-electron chi connectivity index (χ2n) is 8.14. The highest BCUT2D eigenvalue weighted by Gasteiger charge is 2.43. The summed E-state index contributed by atoms with van der Waals surface area (Å²) in [6, 6.07) is 0.870. The van der Waals surface area contributed by atoms with Gasteiger partial charge in [-0.05, 0) is 38.7 Å². The van der Waals surface area contributed by atoms with Gasteiger partial charge in [-0.15, -0.1) is 0 Å². The van der Waals surface area contributed by atoms with E-state index in [0.29, 0.717) is 38.8 Å². The van der Waals surface area contributed by atoms with Gasteiger partial charge in [-0.1, -0.05) is 30.9 Å². The Morgan fingerprint density at radius 1 is 1.26 bits per heavy atom. The van der Waals surface area contributed by atoms with Crippen molar-refractivity contribution in [2.75, 3.05) is 24.6 Å². The van der Waals surface area contributed by atoms with E-state index in [-0.39, 0.29) is 35.2 Å². The Bertz CT molecular complexity index is 805. The number of carbonyl (C=O) groups excluding carboxylic acids is 2. The molecule has 3 rings (SSSR count). The van der Waals surface area contributed by atoms with Gasteiger partial charge in [0.05, 0.1) is 17.2 Å². The highest BCUT2D eigenvalue weighted by Crippen LogP contribution is 2.35. The zero-order valence-electron chi connectivity index (χ0n) is 17.4. The number of amides is 1. The maximum absolute atomic E-state index is 12.9. The lowest BCUT2D eigenvalue weighted by molar-refractivity contribution is -0.155. The van der Waals surface area contributed by atoms with Crippen molar-refractivity contribution in [1.29, 1.82) is 0 Å². The molecular weight excluding hydrogens is 435 g/mol. The molecule has 1 saturated heterocycles. The second kappa shape index (κ2) is 9.63. The first-order chi connectivity index (χ1) is 14.7. The summed E-state index contributed by atoms with van der Waals surface area (Å²) in [5.74, 6) is -0.566. The van der Waals surface area contributed by atoms with Crippen LogP contribution in [-0.4, -0.2) is 42.1 Å². The Labute approximate surface area is 184 Å². The molecule has 0 spiro atoms. The molecule has 0 atom stereocenters. The van der Waals surface area contributed by atoms with Crippen LogP contribution in [0, 0.1) is 5.92 Å². The van der Waals surface area contributed by atoms with E-state index < -0.39 is 17.3 Å². The Hall–Kier alpha value is -2.03. The first kappa shape index (κ1) is 23.6. The van der Waals surface area contributed by atoms with Gasteiger partial charge in [0.1, 0.15) is 11.4 Å². The van der Waals surface area contributed by atoms with Crippen LogP contribution in [0.4, 0.5) is 19.0 Å². The molecule has 10 heteroatoms. The zero-order chi connectivity index (χ0) is 22.6. The Kier molecular flexibility index (Phi) is 7.34. The van der Waals surface area contributed by atoms with Crippen molar-refractivity contribution in [3.05, 3.63) is 22.8 Å². The predicted molar refractivity (Wildman–Crippen MR) is 110 cm³/mol. The number of ether oxygens (including phenoxy) is 1. The number of anilines is 1. The highest BCUT2D eigenvalue weighted by atomic mass is 35.5. The molecule has 31 heavy (non-hydrogen) atoms. The van der Waals surface area contributed by atoms with E-state index in [9.17, 15) is 22.8 Å². The number of piperidine rings is 1. The van der Waals surface area contributed by atoms with Gasteiger partial charge < -0.3 is 15.0 Å². The summed E-state index contributed by atoms with van der Waals surface area (Å²) in [6.07, 6.45) is 1.12. The number of hydrogen-bond acceptors (Lipinski definition) is 5. The number of esters is 1. The molecule has 1 aromatic heterocycles. The van der Waals surface area contributed by atoms with Crippen molar-refractivity contribution >= 4 is 29.3 Å². The number of carbonyl (C=O) groups is 2. The van der Waals surface area contributed by atoms with Crippen LogP contribution in [0.1, 0.15) is 57.4 Å². The van der Waals surface area contributed by atoms with Crippen molar-refractivity contribution in [1.82, 2.24) is 10.3 Å². The van der Waals surface area contributed by atoms with E-state index in [1.54, 1.807) is 11.8 Å². The van der Waals surface area contributed by atoms with Gasteiger partial charge in [-0.3, -0.25) is 4.79 Å². The van der Waals surface area contributed by atoms with Crippen LogP contribution in [0.5, 0.6) is 0 Å². The largest absolute Gasteiger partial charge is 0.464 e. The van der Waals surface area contributed by atoms with Crippen molar-refractivity contribution in [2.45, 2.75) is 63.6 Å². The Morgan fingerprint density at radius 2 is 1.90 bits per heavy atom. The molecule has 1 amide bonds. The van der Waals surface area contributed by atoms with Gasteiger partial charge in [0, 0.05) is 25.2 Å². The molecule has 1 aliphatic carbocycles. The summed E-state index contributed by atoms with van der Waals surface area (Å²) < 4.78 is 43.7. The van der Waals surface area contributed by atoms with Gasteiger partial charge in [-0.25, -0.2) is 9.78 Å². The monoisotopic (exact) mass is 461 g/mol. The Balaban J connectivity index is 1.62. The fraction of sp³-hybridized carbons (Fsp3) is 0.667. The van der Waals surface area contributed by atoms with Crippen molar-refractivity contribution in [3.8, 4) is 0 Å². The number of nitrogens with zero attached hydrogens (tertiary/aromatic N) is 2. The fourth-order valence-corrected chi connectivity index (χ4v) is 4.60. The standard InChI is InChI=1S/C21H27ClF3N3O3/c1-2-31-19(30)20(8-4-3-5-9-20)27-18(29)14-6-10-28(11-7-14)17-16(22)12-15(13-26-17)21(23,24)25/h12-14H,2-11H2,1H3,(H,27,29). The average molecular weight is 462 g/mol. The Morgan fingerprint density at radius 3 is 2.45 bits per heavy atom. The van der Waals surface area contributed by atoms with E-state index in [1.807, 2.05) is 0 Å². The highest BCUT2D eigenvalue weighted by molar-refractivity contribution is 6.33. The van der Waals surface area contributed by atoms with E-state index in [0.717, 1.165) is 31.5 Å². The summed E-state index contributed by atoms with van der Waals surface area (Å²) in [4.78, 5) is 31.2. The summed E-state index contributed by atoms with van der Waals surface area (Å²) in [7, 11) is 0. The summed E-state index contributed by atoms with van der Waals surface area (Å²) in [5.41, 5.74) is -1.85. The van der Waals surface area contributed by atoms with E-state index in [1.165, 1.54) is 0 Å². The number of nitrogens with one attached hydrogen (secondary N) is 1. The fourth-order valence-electron chi connectivity index (χ4n) is 4.31. The molecule has 0 aromatic carbocycles. The van der Waals surface area contributed by atoms with Gasteiger partial charge in [0.25, 0.3) is 0 Å². The zero-order valence-corrected chi connectivity index (χ0v) is 18.2. The van der Waals surface area contributed by atoms with Crippen molar-refractivity contribution in [3.63, 3.8) is 0 Å².